The Bertz CT molecular complexity index is 1120. The van der Waals surface area contributed by atoms with Crippen LogP contribution in [-0.4, -0.2) is 22.3 Å². The predicted octanol–water partition coefficient (Wildman–Crippen LogP) is 0.947. The van der Waals surface area contributed by atoms with Crippen LogP contribution in [0.2, 0.25) is 5.02 Å². The van der Waals surface area contributed by atoms with Crippen molar-refractivity contribution in [1.82, 2.24) is 5.27 Å². The Morgan fingerprint density at radius 2 is 2.11 bits per heavy atom. The molecule has 2 aromatic carbocycles. The number of hydrogen-bond donors (Lipinski definition) is 1. The van der Waals surface area contributed by atoms with Crippen molar-refractivity contribution in [2.75, 3.05) is 0 Å². The van der Waals surface area contributed by atoms with Crippen LogP contribution >= 0.6 is 11.6 Å². The van der Waals surface area contributed by atoms with Crippen molar-refractivity contribution in [1.29, 1.82) is 0 Å². The molecule has 136 valence electrons. The lowest BCUT2D eigenvalue weighted by Gasteiger charge is -2.07. The van der Waals surface area contributed by atoms with Crippen molar-refractivity contribution in [3.05, 3.63) is 85.3 Å². The SMILES string of the molecule is O=c1c[n+](-c2cccc(/C([O-])=N/N=C/c3cc([N+](=O)[O-])ccc3Cl)c2)[nH]o1. The van der Waals surface area contributed by atoms with Crippen LogP contribution in [-0.2, 0) is 0 Å². The minimum Gasteiger partial charge on any atom is -0.857 e. The summed E-state index contributed by atoms with van der Waals surface area (Å²) in [6.07, 6.45) is 2.32. The summed E-state index contributed by atoms with van der Waals surface area (Å²) in [4.78, 5) is 21.3. The standard InChI is InChI=1S/C16H10ClN5O5/c17-14-5-4-13(22(25)26)7-11(14)8-18-19-16(24)10-2-1-3-12(6-10)21-9-15(23)27-20-21/h1-9H,(H-,19,20,23,24)/b18-8+. The zero-order valence-electron chi connectivity index (χ0n) is 13.4. The number of hydrogen-bond acceptors (Lipinski definition) is 7. The zero-order valence-corrected chi connectivity index (χ0v) is 14.2. The molecule has 11 heteroatoms. The lowest BCUT2D eigenvalue weighted by molar-refractivity contribution is -0.670. The van der Waals surface area contributed by atoms with Gasteiger partial charge >= 0.3 is 5.63 Å². The third kappa shape index (κ3) is 4.25. The van der Waals surface area contributed by atoms with E-state index in [1.165, 1.54) is 41.2 Å². The van der Waals surface area contributed by atoms with Gasteiger partial charge in [0.05, 0.1) is 11.1 Å². The van der Waals surface area contributed by atoms with Crippen LogP contribution in [0.25, 0.3) is 5.69 Å². The summed E-state index contributed by atoms with van der Waals surface area (Å²) >= 11 is 5.94. The van der Waals surface area contributed by atoms with Crippen LogP contribution in [0.1, 0.15) is 11.1 Å². The molecule has 3 aromatic rings. The van der Waals surface area contributed by atoms with Gasteiger partial charge in [0.25, 0.3) is 11.9 Å². The summed E-state index contributed by atoms with van der Waals surface area (Å²) in [5, 5.41) is 32.7. The molecular formula is C16H10ClN5O5. The van der Waals surface area contributed by atoms with E-state index in [0.29, 0.717) is 5.69 Å². The third-order valence-corrected chi connectivity index (χ3v) is 3.73. The monoisotopic (exact) mass is 387 g/mol. The van der Waals surface area contributed by atoms with E-state index in [-0.39, 0.29) is 21.8 Å². The number of benzene rings is 2. The second-order valence-electron chi connectivity index (χ2n) is 5.17. The molecule has 27 heavy (non-hydrogen) atoms. The van der Waals surface area contributed by atoms with Crippen LogP contribution in [0, 0.1) is 10.1 Å². The molecule has 1 aromatic heterocycles. The maximum Gasteiger partial charge on any atom is 0.427 e. The van der Waals surface area contributed by atoms with E-state index in [9.17, 15) is 20.0 Å². The Morgan fingerprint density at radius 3 is 2.81 bits per heavy atom. The number of rotatable bonds is 5. The van der Waals surface area contributed by atoms with Crippen LogP contribution in [0.4, 0.5) is 5.69 Å². The van der Waals surface area contributed by atoms with Gasteiger partial charge in [0.1, 0.15) is 0 Å². The van der Waals surface area contributed by atoms with Crippen molar-refractivity contribution in [2.24, 2.45) is 10.2 Å². The first-order chi connectivity index (χ1) is 12.9. The fourth-order valence-electron chi connectivity index (χ4n) is 2.11. The highest BCUT2D eigenvalue weighted by Crippen LogP contribution is 2.20. The molecule has 0 unspecified atom stereocenters. The normalized spacial score (nSPS) is 11.8. The van der Waals surface area contributed by atoms with Gasteiger partial charge in [0.2, 0.25) is 5.69 Å². The Labute approximate surface area is 155 Å². The van der Waals surface area contributed by atoms with E-state index in [4.69, 9.17) is 11.6 Å². The van der Waals surface area contributed by atoms with E-state index < -0.39 is 16.4 Å². The number of nitro groups is 1. The van der Waals surface area contributed by atoms with E-state index in [0.717, 1.165) is 6.21 Å². The molecule has 0 saturated carbocycles. The highest BCUT2D eigenvalue weighted by atomic mass is 35.5. The largest absolute Gasteiger partial charge is 0.857 e. The first kappa shape index (κ1) is 18.0. The minimum absolute atomic E-state index is 0.161. The molecule has 0 saturated heterocycles. The zero-order chi connectivity index (χ0) is 19.4. The second-order valence-corrected chi connectivity index (χ2v) is 5.58. The molecule has 0 radical (unpaired) electrons. The molecule has 3 rings (SSSR count). The number of nitro benzene ring substituents is 1. The first-order valence-corrected chi connectivity index (χ1v) is 7.75. The summed E-state index contributed by atoms with van der Waals surface area (Å²) in [5.41, 5.74) is 0.209. The van der Waals surface area contributed by atoms with Crippen LogP contribution in [0.15, 0.2) is 68.2 Å². The Balaban J connectivity index is 1.84. The molecule has 0 aliphatic carbocycles. The molecule has 0 spiro atoms. The number of nitrogens with one attached hydrogen (secondary N) is 1. The van der Waals surface area contributed by atoms with E-state index >= 15 is 0 Å². The van der Waals surface area contributed by atoms with Crippen LogP contribution < -0.4 is 15.4 Å². The highest BCUT2D eigenvalue weighted by Gasteiger charge is 2.11. The minimum atomic E-state index is -0.652. The molecular weight excluding hydrogens is 378 g/mol. The van der Waals surface area contributed by atoms with Gasteiger partial charge in [-0.25, -0.2) is 4.79 Å². The Kier molecular flexibility index (Phi) is 5.08. The molecule has 1 heterocycles. The average molecular weight is 388 g/mol. The summed E-state index contributed by atoms with van der Waals surface area (Å²) in [6, 6.07) is 10.1. The predicted molar refractivity (Wildman–Crippen MR) is 93.1 cm³/mol. The summed E-state index contributed by atoms with van der Waals surface area (Å²) in [5.74, 6) is -0.652. The van der Waals surface area contributed by atoms with Gasteiger partial charge in [-0.15, -0.1) is 0 Å². The molecule has 0 aliphatic heterocycles. The van der Waals surface area contributed by atoms with Gasteiger partial charge in [0.15, 0.2) is 0 Å². The van der Waals surface area contributed by atoms with E-state index in [2.05, 4.69) is 20.0 Å². The average Bonchev–Trinajstić information content (AvgIpc) is 3.09. The first-order valence-electron chi connectivity index (χ1n) is 7.37. The summed E-state index contributed by atoms with van der Waals surface area (Å²) in [6.45, 7) is 0. The maximum absolute atomic E-state index is 12.2. The molecule has 0 aliphatic rings. The number of aromatic nitrogens is 2. The Hall–Kier alpha value is -3.79. The van der Waals surface area contributed by atoms with Crippen molar-refractivity contribution in [3.63, 3.8) is 0 Å². The summed E-state index contributed by atoms with van der Waals surface area (Å²) in [7, 11) is 0. The van der Waals surface area contributed by atoms with Crippen LogP contribution in [0.5, 0.6) is 0 Å². The molecule has 1 N–H and O–H groups in total. The number of halogens is 1. The van der Waals surface area contributed by atoms with Gasteiger partial charge in [-0.2, -0.15) is 10.2 Å². The topological polar surface area (TPSA) is 141 Å². The number of aromatic amines is 1. The van der Waals surface area contributed by atoms with E-state index in [1.807, 2.05) is 0 Å². The van der Waals surface area contributed by atoms with E-state index in [1.54, 1.807) is 12.1 Å². The number of non-ortho nitro benzene ring substituents is 1. The van der Waals surface area contributed by atoms with Crippen molar-refractivity contribution in [2.45, 2.75) is 0 Å². The third-order valence-electron chi connectivity index (χ3n) is 3.39. The molecule has 0 fully saturated rings. The summed E-state index contributed by atoms with van der Waals surface area (Å²) < 4.78 is 5.86. The lowest BCUT2D eigenvalue weighted by Crippen LogP contribution is -2.32. The van der Waals surface area contributed by atoms with Gasteiger partial charge in [0, 0.05) is 40.7 Å². The highest BCUT2D eigenvalue weighted by molar-refractivity contribution is 6.33. The molecule has 0 atom stereocenters. The molecule has 0 bridgehead atoms. The quantitative estimate of drug-likeness (QED) is 0.228. The van der Waals surface area contributed by atoms with Crippen LogP contribution in [0.3, 0.4) is 0 Å². The fraction of sp³-hybridized carbons (Fsp3) is 0. The molecule has 0 amide bonds. The number of nitrogens with zero attached hydrogens (tertiary/aromatic N) is 4. The van der Waals surface area contributed by atoms with Gasteiger partial charge in [-0.1, -0.05) is 23.7 Å². The maximum atomic E-state index is 12.2. The second kappa shape index (κ2) is 7.62. The van der Waals surface area contributed by atoms with Crippen molar-refractivity contribution < 1.29 is 19.2 Å². The smallest absolute Gasteiger partial charge is 0.427 e. The molecule has 10 nitrogen and oxygen atoms in total. The van der Waals surface area contributed by atoms with Crippen molar-refractivity contribution >= 4 is 29.4 Å². The van der Waals surface area contributed by atoms with Gasteiger partial charge < -0.3 is 5.11 Å². The lowest BCUT2D eigenvalue weighted by atomic mass is 10.2. The fourth-order valence-corrected chi connectivity index (χ4v) is 2.28. The van der Waals surface area contributed by atoms with Crippen molar-refractivity contribution in [3.8, 4) is 5.69 Å². The van der Waals surface area contributed by atoms with Gasteiger partial charge in [-0.05, 0) is 21.6 Å². The number of H-pyrrole nitrogens is 1. The Morgan fingerprint density at radius 1 is 1.30 bits per heavy atom. The van der Waals surface area contributed by atoms with Gasteiger partial charge in [-0.3, -0.25) is 14.6 Å².